The third-order valence-corrected chi connectivity index (χ3v) is 2.33. The molecule has 1 rings (SSSR count). The quantitative estimate of drug-likeness (QED) is 0.864. The van der Waals surface area contributed by atoms with E-state index in [2.05, 4.69) is 5.32 Å². The lowest BCUT2D eigenvalue weighted by Crippen LogP contribution is -2.34. The van der Waals surface area contributed by atoms with E-state index in [1.54, 1.807) is 34.4 Å². The Labute approximate surface area is 101 Å². The number of nitrogens with one attached hydrogen (secondary N) is 1. The van der Waals surface area contributed by atoms with Crippen LogP contribution in [0.25, 0.3) is 0 Å². The number of ether oxygens (including phenoxy) is 2. The van der Waals surface area contributed by atoms with Gasteiger partial charge in [0.05, 0.1) is 14.2 Å². The van der Waals surface area contributed by atoms with Crippen molar-refractivity contribution < 1.29 is 14.3 Å². The monoisotopic (exact) mass is 238 g/mol. The number of carbonyl (C=O) groups excluding carboxylic acids is 1. The summed E-state index contributed by atoms with van der Waals surface area (Å²) in [5.74, 6) is 1.42. The van der Waals surface area contributed by atoms with Crippen molar-refractivity contribution in [2.45, 2.75) is 6.54 Å². The molecule has 2 amide bonds. The van der Waals surface area contributed by atoms with Crippen LogP contribution in [0.5, 0.6) is 11.5 Å². The van der Waals surface area contributed by atoms with Gasteiger partial charge in [-0.25, -0.2) is 4.79 Å². The molecule has 1 N–H and O–H groups in total. The average Bonchev–Trinajstić information content (AvgIpc) is 2.35. The number of carbonyl (C=O) groups is 1. The van der Waals surface area contributed by atoms with Crippen LogP contribution >= 0.6 is 0 Å². The molecule has 0 heterocycles. The van der Waals surface area contributed by atoms with Crippen molar-refractivity contribution in [1.82, 2.24) is 10.2 Å². The average molecular weight is 238 g/mol. The van der Waals surface area contributed by atoms with Crippen LogP contribution in [0.1, 0.15) is 5.56 Å². The maximum Gasteiger partial charge on any atom is 0.317 e. The Kier molecular flexibility index (Phi) is 4.63. The molecule has 94 valence electrons. The molecule has 0 spiro atoms. The highest BCUT2D eigenvalue weighted by molar-refractivity contribution is 5.73. The van der Waals surface area contributed by atoms with E-state index in [0.717, 1.165) is 11.3 Å². The molecule has 1 aromatic rings. The van der Waals surface area contributed by atoms with Gasteiger partial charge in [-0.2, -0.15) is 0 Å². The Balaban J connectivity index is 2.74. The third-order valence-electron chi connectivity index (χ3n) is 2.33. The van der Waals surface area contributed by atoms with Crippen LogP contribution in [0.15, 0.2) is 18.2 Å². The van der Waals surface area contributed by atoms with Gasteiger partial charge in [-0.05, 0) is 12.1 Å². The van der Waals surface area contributed by atoms with Gasteiger partial charge >= 0.3 is 6.03 Å². The highest BCUT2D eigenvalue weighted by Gasteiger charge is 2.07. The van der Waals surface area contributed by atoms with Gasteiger partial charge in [-0.3, -0.25) is 0 Å². The fraction of sp³-hybridized carbons (Fsp3) is 0.417. The summed E-state index contributed by atoms with van der Waals surface area (Å²) in [7, 11) is 6.58. The van der Waals surface area contributed by atoms with E-state index in [4.69, 9.17) is 9.47 Å². The van der Waals surface area contributed by atoms with E-state index in [1.165, 1.54) is 4.90 Å². The van der Waals surface area contributed by atoms with Crippen molar-refractivity contribution in [3.63, 3.8) is 0 Å². The van der Waals surface area contributed by atoms with Gasteiger partial charge in [0.1, 0.15) is 11.5 Å². The van der Waals surface area contributed by atoms with Gasteiger partial charge in [-0.1, -0.05) is 0 Å². The van der Waals surface area contributed by atoms with E-state index in [0.29, 0.717) is 12.3 Å². The Morgan fingerprint density at radius 1 is 1.29 bits per heavy atom. The number of benzene rings is 1. The van der Waals surface area contributed by atoms with Crippen LogP contribution in [-0.2, 0) is 6.54 Å². The zero-order valence-electron chi connectivity index (χ0n) is 10.6. The number of methoxy groups -OCH3 is 2. The number of hydrogen-bond donors (Lipinski definition) is 1. The third kappa shape index (κ3) is 3.55. The molecule has 0 aliphatic rings. The van der Waals surface area contributed by atoms with Crippen LogP contribution < -0.4 is 14.8 Å². The molecule has 5 heteroatoms. The molecule has 0 unspecified atom stereocenters. The maximum atomic E-state index is 11.4. The molecule has 1 aromatic carbocycles. The molecule has 0 fully saturated rings. The van der Waals surface area contributed by atoms with Crippen molar-refractivity contribution in [1.29, 1.82) is 0 Å². The summed E-state index contributed by atoms with van der Waals surface area (Å²) in [5.41, 5.74) is 0.906. The lowest BCUT2D eigenvalue weighted by Gasteiger charge is -2.14. The van der Waals surface area contributed by atoms with Gasteiger partial charge in [-0.15, -0.1) is 0 Å². The topological polar surface area (TPSA) is 50.8 Å². The van der Waals surface area contributed by atoms with E-state index in [9.17, 15) is 4.79 Å². The molecular weight excluding hydrogens is 220 g/mol. The van der Waals surface area contributed by atoms with Gasteiger partial charge in [0.15, 0.2) is 0 Å². The first-order valence-corrected chi connectivity index (χ1v) is 5.24. The molecule has 0 aromatic heterocycles. The van der Waals surface area contributed by atoms with Crippen molar-refractivity contribution in [3.8, 4) is 11.5 Å². The number of rotatable bonds is 4. The van der Waals surface area contributed by atoms with E-state index < -0.39 is 0 Å². The largest absolute Gasteiger partial charge is 0.497 e. The smallest absolute Gasteiger partial charge is 0.317 e. The van der Waals surface area contributed by atoms with Gasteiger partial charge < -0.3 is 19.7 Å². The Hall–Kier alpha value is -1.91. The summed E-state index contributed by atoms with van der Waals surface area (Å²) >= 11 is 0. The summed E-state index contributed by atoms with van der Waals surface area (Å²) < 4.78 is 10.3. The molecule has 0 atom stereocenters. The number of amides is 2. The predicted octanol–water partition coefficient (Wildman–Crippen LogP) is 1.47. The highest BCUT2D eigenvalue weighted by atomic mass is 16.5. The minimum absolute atomic E-state index is 0.136. The first-order chi connectivity index (χ1) is 8.08. The number of urea groups is 1. The summed E-state index contributed by atoms with van der Waals surface area (Å²) in [6.45, 7) is 0.421. The standard InChI is InChI=1S/C12H18N2O3/c1-14(2)12(15)13-8-9-5-6-10(16-3)7-11(9)17-4/h5-7H,8H2,1-4H3,(H,13,15). The van der Waals surface area contributed by atoms with Crippen molar-refractivity contribution in [2.75, 3.05) is 28.3 Å². The summed E-state index contributed by atoms with van der Waals surface area (Å²) in [6, 6.07) is 5.35. The molecule has 0 radical (unpaired) electrons. The first-order valence-electron chi connectivity index (χ1n) is 5.24. The molecule has 0 aliphatic carbocycles. The molecule has 0 bridgehead atoms. The second-order valence-corrected chi connectivity index (χ2v) is 3.73. The summed E-state index contributed by atoms with van der Waals surface area (Å²) in [4.78, 5) is 12.9. The Morgan fingerprint density at radius 3 is 2.53 bits per heavy atom. The van der Waals surface area contributed by atoms with Crippen LogP contribution in [0.2, 0.25) is 0 Å². The number of nitrogens with zero attached hydrogens (tertiary/aromatic N) is 1. The molecule has 5 nitrogen and oxygen atoms in total. The van der Waals surface area contributed by atoms with Crippen LogP contribution in [0.3, 0.4) is 0 Å². The normalized spacial score (nSPS) is 9.65. The maximum absolute atomic E-state index is 11.4. The highest BCUT2D eigenvalue weighted by Crippen LogP contribution is 2.24. The van der Waals surface area contributed by atoms with Crippen molar-refractivity contribution in [2.24, 2.45) is 0 Å². The predicted molar refractivity (Wildman–Crippen MR) is 65.5 cm³/mol. The van der Waals surface area contributed by atoms with E-state index in [1.807, 2.05) is 12.1 Å². The van der Waals surface area contributed by atoms with Crippen molar-refractivity contribution in [3.05, 3.63) is 23.8 Å². The number of hydrogen-bond acceptors (Lipinski definition) is 3. The summed E-state index contributed by atoms with van der Waals surface area (Å²) in [5, 5.41) is 2.78. The zero-order chi connectivity index (χ0) is 12.8. The van der Waals surface area contributed by atoms with Crippen LogP contribution in [0.4, 0.5) is 4.79 Å². The molecule has 17 heavy (non-hydrogen) atoms. The molecular formula is C12H18N2O3. The fourth-order valence-electron chi connectivity index (χ4n) is 1.33. The Bertz CT molecular complexity index is 391. The van der Waals surface area contributed by atoms with E-state index >= 15 is 0 Å². The fourth-order valence-corrected chi connectivity index (χ4v) is 1.33. The zero-order valence-corrected chi connectivity index (χ0v) is 10.6. The molecule has 0 saturated carbocycles. The lowest BCUT2D eigenvalue weighted by atomic mass is 10.2. The molecule has 0 aliphatic heterocycles. The minimum Gasteiger partial charge on any atom is -0.497 e. The second kappa shape index (κ2) is 5.98. The van der Waals surface area contributed by atoms with E-state index in [-0.39, 0.29) is 6.03 Å². The van der Waals surface area contributed by atoms with Crippen LogP contribution in [-0.4, -0.2) is 39.2 Å². The second-order valence-electron chi connectivity index (χ2n) is 3.73. The van der Waals surface area contributed by atoms with Crippen molar-refractivity contribution >= 4 is 6.03 Å². The SMILES string of the molecule is COc1ccc(CNC(=O)N(C)C)c(OC)c1. The first kappa shape index (κ1) is 13.2. The Morgan fingerprint density at radius 2 is 2.00 bits per heavy atom. The summed E-state index contributed by atoms with van der Waals surface area (Å²) in [6.07, 6.45) is 0. The van der Waals surface area contributed by atoms with Gasteiger partial charge in [0, 0.05) is 32.3 Å². The van der Waals surface area contributed by atoms with Crippen LogP contribution in [0, 0.1) is 0 Å². The minimum atomic E-state index is -0.136. The molecule has 0 saturated heterocycles. The van der Waals surface area contributed by atoms with Gasteiger partial charge in [0.2, 0.25) is 0 Å². The van der Waals surface area contributed by atoms with Gasteiger partial charge in [0.25, 0.3) is 0 Å². The lowest BCUT2D eigenvalue weighted by molar-refractivity contribution is 0.217.